The summed E-state index contributed by atoms with van der Waals surface area (Å²) in [6, 6.07) is 0. The summed E-state index contributed by atoms with van der Waals surface area (Å²) in [5.74, 6) is -3.13. The molecule has 0 radical (unpaired) electrons. The number of hydrogen-bond acceptors (Lipinski definition) is 11. The number of hydrogen-bond donors (Lipinski definition) is 3. The SMILES string of the molecule is CCC/C=C\C/C=C\CCCCCCCC(=O)OCC(COC1OC(C(=O)O)C(O)C(O)C1OC(=O)CCCCCCCCC/C=C\C/C=C\CCCCC)OC(=O)CCCCCCCCCCCCC. The summed E-state index contributed by atoms with van der Waals surface area (Å²) in [7, 11) is 0. The van der Waals surface area contributed by atoms with E-state index in [4.69, 9.17) is 23.7 Å². The smallest absolute Gasteiger partial charge is 0.335 e. The maximum absolute atomic E-state index is 13.1. The zero-order chi connectivity index (χ0) is 51.8. The third-order valence-corrected chi connectivity index (χ3v) is 12.9. The average Bonchev–Trinajstić information content (AvgIpc) is 3.35. The van der Waals surface area contributed by atoms with Crippen LogP contribution in [0.1, 0.15) is 252 Å². The molecule has 6 atom stereocenters. The average molecular weight is 1000 g/mol. The lowest BCUT2D eigenvalue weighted by molar-refractivity contribution is -0.301. The number of unbranched alkanes of at least 4 members (excludes halogenated alkanes) is 26. The number of carbonyl (C=O) groups excluding carboxylic acids is 3. The molecular formula is C59H102O12. The number of allylic oxidation sites excluding steroid dienone is 8. The molecule has 0 amide bonds. The molecule has 1 aliphatic heterocycles. The van der Waals surface area contributed by atoms with Crippen molar-refractivity contribution in [2.24, 2.45) is 0 Å². The summed E-state index contributed by atoms with van der Waals surface area (Å²) in [6.45, 7) is 5.88. The molecule has 3 N–H and O–H groups in total. The monoisotopic (exact) mass is 1000 g/mol. The van der Waals surface area contributed by atoms with Gasteiger partial charge < -0.3 is 39.0 Å². The predicted molar refractivity (Wildman–Crippen MR) is 285 cm³/mol. The summed E-state index contributed by atoms with van der Waals surface area (Å²) in [5, 5.41) is 31.4. The molecule has 0 aromatic rings. The van der Waals surface area contributed by atoms with Crippen molar-refractivity contribution in [3.05, 3.63) is 48.6 Å². The number of rotatable bonds is 48. The van der Waals surface area contributed by atoms with Gasteiger partial charge in [-0.2, -0.15) is 0 Å². The standard InChI is InChI=1S/C59H102O12/c1-4-7-10-13-16-19-22-24-25-26-27-29-32-35-38-41-44-47-53(62)70-57-55(64)54(63)56(58(65)66)71-59(57)68-49-50(69-52(61)46-43-40-37-34-30-21-18-15-12-9-6-3)48-67-51(60)45-42-39-36-33-31-28-23-20-17-14-11-8-5-2/h11,14,16,19-20,23-25,50,54-57,59,63-64H,4-10,12-13,15,17-18,21-22,26-49H2,1-3H3,(H,65,66)/b14-11-,19-16-,23-20-,25-24-. The molecule has 12 nitrogen and oxygen atoms in total. The minimum Gasteiger partial charge on any atom is -0.479 e. The van der Waals surface area contributed by atoms with E-state index in [9.17, 15) is 34.5 Å². The van der Waals surface area contributed by atoms with Crippen molar-refractivity contribution in [1.82, 2.24) is 0 Å². The van der Waals surface area contributed by atoms with Crippen LogP contribution >= 0.6 is 0 Å². The van der Waals surface area contributed by atoms with Crippen molar-refractivity contribution in [1.29, 1.82) is 0 Å². The summed E-state index contributed by atoms with van der Waals surface area (Å²) >= 11 is 0. The van der Waals surface area contributed by atoms with Crippen LogP contribution in [0, 0.1) is 0 Å². The summed E-state index contributed by atoms with van der Waals surface area (Å²) in [4.78, 5) is 51.0. The fourth-order valence-electron chi connectivity index (χ4n) is 8.44. The molecule has 1 heterocycles. The first-order valence-corrected chi connectivity index (χ1v) is 28.6. The minimum atomic E-state index is -1.90. The van der Waals surface area contributed by atoms with E-state index in [0.717, 1.165) is 128 Å². The maximum Gasteiger partial charge on any atom is 0.335 e. The number of ether oxygens (including phenoxy) is 5. The van der Waals surface area contributed by atoms with Crippen molar-refractivity contribution in [3.63, 3.8) is 0 Å². The molecule has 410 valence electrons. The van der Waals surface area contributed by atoms with E-state index in [-0.39, 0.29) is 25.9 Å². The molecule has 12 heteroatoms. The fourth-order valence-corrected chi connectivity index (χ4v) is 8.44. The third-order valence-electron chi connectivity index (χ3n) is 12.9. The molecular weight excluding hydrogens is 901 g/mol. The van der Waals surface area contributed by atoms with Crippen molar-refractivity contribution in [3.8, 4) is 0 Å². The van der Waals surface area contributed by atoms with Crippen molar-refractivity contribution in [2.75, 3.05) is 13.2 Å². The number of aliphatic hydroxyl groups is 2. The van der Waals surface area contributed by atoms with Crippen molar-refractivity contribution < 1.29 is 58.2 Å². The summed E-state index contributed by atoms with van der Waals surface area (Å²) < 4.78 is 28.4. The van der Waals surface area contributed by atoms with E-state index in [2.05, 4.69) is 69.4 Å². The van der Waals surface area contributed by atoms with E-state index in [1.165, 1.54) is 64.2 Å². The zero-order valence-corrected chi connectivity index (χ0v) is 45.0. The third kappa shape index (κ3) is 38.0. The van der Waals surface area contributed by atoms with Gasteiger partial charge in [0.05, 0.1) is 6.61 Å². The van der Waals surface area contributed by atoms with E-state index in [1.54, 1.807) is 0 Å². The van der Waals surface area contributed by atoms with Crippen LogP contribution in [0.5, 0.6) is 0 Å². The van der Waals surface area contributed by atoms with E-state index >= 15 is 0 Å². The first-order valence-electron chi connectivity index (χ1n) is 28.6. The second-order valence-corrected chi connectivity index (χ2v) is 19.6. The molecule has 0 aromatic heterocycles. The van der Waals surface area contributed by atoms with E-state index < -0.39 is 67.3 Å². The number of esters is 3. The molecule has 0 bridgehead atoms. The normalized spacial score (nSPS) is 18.8. The van der Waals surface area contributed by atoms with Gasteiger partial charge in [0.15, 0.2) is 24.6 Å². The van der Waals surface area contributed by atoms with Crippen LogP contribution < -0.4 is 0 Å². The van der Waals surface area contributed by atoms with Crippen LogP contribution in [0.3, 0.4) is 0 Å². The van der Waals surface area contributed by atoms with Gasteiger partial charge in [-0.15, -0.1) is 0 Å². The molecule has 1 aliphatic rings. The Balaban J connectivity index is 2.69. The van der Waals surface area contributed by atoms with Gasteiger partial charge in [-0.3, -0.25) is 14.4 Å². The lowest BCUT2D eigenvalue weighted by Gasteiger charge is -2.40. The Labute approximate surface area is 431 Å². The number of aliphatic hydroxyl groups excluding tert-OH is 2. The van der Waals surface area contributed by atoms with Crippen LogP contribution in [-0.2, 0) is 42.9 Å². The van der Waals surface area contributed by atoms with Crippen LogP contribution in [0.15, 0.2) is 48.6 Å². The summed E-state index contributed by atoms with van der Waals surface area (Å²) in [5.41, 5.74) is 0. The molecule has 0 aliphatic carbocycles. The Morgan fingerprint density at radius 1 is 0.465 bits per heavy atom. The number of carboxylic acid groups (broad SMARTS) is 1. The molecule has 1 saturated heterocycles. The van der Waals surface area contributed by atoms with E-state index in [1.807, 2.05) is 0 Å². The Kier molecular flexibility index (Phi) is 44.1. The molecule has 6 unspecified atom stereocenters. The summed E-state index contributed by atoms with van der Waals surface area (Å²) in [6.07, 6.45) is 43.7. The lowest BCUT2D eigenvalue weighted by Crippen LogP contribution is -2.61. The van der Waals surface area contributed by atoms with Gasteiger partial charge in [-0.25, -0.2) is 4.79 Å². The van der Waals surface area contributed by atoms with Crippen LogP contribution in [0.2, 0.25) is 0 Å². The fraction of sp³-hybridized carbons (Fsp3) is 0.797. The van der Waals surface area contributed by atoms with Crippen molar-refractivity contribution >= 4 is 23.9 Å². The topological polar surface area (TPSA) is 175 Å². The number of carbonyl (C=O) groups is 4. The van der Waals surface area contributed by atoms with Gasteiger partial charge >= 0.3 is 23.9 Å². The van der Waals surface area contributed by atoms with Crippen LogP contribution in [0.25, 0.3) is 0 Å². The highest BCUT2D eigenvalue weighted by molar-refractivity contribution is 5.74. The largest absolute Gasteiger partial charge is 0.479 e. The van der Waals surface area contributed by atoms with Crippen LogP contribution in [0.4, 0.5) is 0 Å². The number of carboxylic acids is 1. The van der Waals surface area contributed by atoms with Crippen LogP contribution in [-0.4, -0.2) is 89.2 Å². The van der Waals surface area contributed by atoms with Gasteiger partial charge in [0, 0.05) is 19.3 Å². The highest BCUT2D eigenvalue weighted by atomic mass is 16.7. The lowest BCUT2D eigenvalue weighted by atomic mass is 9.98. The Morgan fingerprint density at radius 3 is 1.35 bits per heavy atom. The molecule has 0 spiro atoms. The van der Waals surface area contributed by atoms with E-state index in [0.29, 0.717) is 19.3 Å². The highest BCUT2D eigenvalue weighted by Crippen LogP contribution is 2.26. The number of aliphatic carboxylic acids is 1. The van der Waals surface area contributed by atoms with Gasteiger partial charge in [0.2, 0.25) is 0 Å². The highest BCUT2D eigenvalue weighted by Gasteiger charge is 2.50. The molecule has 0 saturated carbocycles. The predicted octanol–water partition coefficient (Wildman–Crippen LogP) is 14.2. The van der Waals surface area contributed by atoms with Crippen molar-refractivity contribution in [2.45, 2.75) is 289 Å². The van der Waals surface area contributed by atoms with Gasteiger partial charge in [0.25, 0.3) is 0 Å². The first-order chi connectivity index (χ1) is 34.6. The Morgan fingerprint density at radius 2 is 0.873 bits per heavy atom. The zero-order valence-electron chi connectivity index (χ0n) is 45.0. The molecule has 1 rings (SSSR count). The van der Waals surface area contributed by atoms with Gasteiger partial charge in [-0.1, -0.05) is 204 Å². The molecule has 0 aromatic carbocycles. The van der Waals surface area contributed by atoms with Gasteiger partial charge in [-0.05, 0) is 77.0 Å². The maximum atomic E-state index is 13.1. The minimum absolute atomic E-state index is 0.0517. The second-order valence-electron chi connectivity index (χ2n) is 19.6. The molecule has 1 fully saturated rings. The first kappa shape index (κ1) is 65.7. The molecule has 71 heavy (non-hydrogen) atoms. The van der Waals surface area contributed by atoms with Gasteiger partial charge in [0.1, 0.15) is 18.8 Å². The quantitative estimate of drug-likeness (QED) is 0.0228. The Bertz CT molecular complexity index is 1420. The second kappa shape index (κ2) is 47.7. The Hall–Kier alpha value is -3.32.